The Kier molecular flexibility index (Phi) is 7.80. The van der Waals surface area contributed by atoms with Crippen LogP contribution in [-0.4, -0.2) is 55.0 Å². The quantitative estimate of drug-likeness (QED) is 0.609. The smallest absolute Gasteiger partial charge is 0.408 e. The predicted molar refractivity (Wildman–Crippen MR) is 128 cm³/mol. The van der Waals surface area contributed by atoms with Gasteiger partial charge in [0.2, 0.25) is 0 Å². The number of oxazole rings is 1. The number of hydrogen-bond acceptors (Lipinski definition) is 6. The number of fused-ring (bicyclic) bond motifs is 1. The molecule has 0 atom stereocenters. The Morgan fingerprint density at radius 1 is 1.12 bits per heavy atom. The largest absolute Gasteiger partial charge is 0.420 e. The molecule has 4 rings (SSSR count). The lowest BCUT2D eigenvalue weighted by Crippen LogP contribution is -2.52. The second-order valence-electron chi connectivity index (χ2n) is 9.14. The summed E-state index contributed by atoms with van der Waals surface area (Å²) in [6.45, 7) is 8.66. The third kappa shape index (κ3) is 4.79. The van der Waals surface area contributed by atoms with E-state index in [1.165, 1.54) is 6.07 Å². The molecule has 32 heavy (non-hydrogen) atoms. The highest BCUT2D eigenvalue weighted by Gasteiger charge is 2.38. The molecule has 0 amide bonds. The first-order chi connectivity index (χ1) is 14.8. The van der Waals surface area contributed by atoms with Gasteiger partial charge in [-0.2, -0.15) is 0 Å². The zero-order valence-electron chi connectivity index (χ0n) is 19.2. The van der Waals surface area contributed by atoms with E-state index in [1.54, 1.807) is 23.6 Å². The summed E-state index contributed by atoms with van der Waals surface area (Å²) in [5.41, 5.74) is 1.22. The van der Waals surface area contributed by atoms with Crippen LogP contribution in [0, 0.1) is 0 Å². The second kappa shape index (κ2) is 9.87. The van der Waals surface area contributed by atoms with E-state index < -0.39 is 15.6 Å². The number of aromatic nitrogens is 1. The van der Waals surface area contributed by atoms with Crippen LogP contribution >= 0.6 is 12.4 Å². The maximum Gasteiger partial charge on any atom is 0.420 e. The fourth-order valence-electron chi connectivity index (χ4n) is 5.31. The maximum absolute atomic E-state index is 12.6. The van der Waals surface area contributed by atoms with E-state index in [4.69, 9.17) is 9.15 Å². The molecule has 0 spiro atoms. The highest BCUT2D eigenvalue weighted by molar-refractivity contribution is 7.91. The lowest BCUT2D eigenvalue weighted by Gasteiger charge is -2.48. The highest BCUT2D eigenvalue weighted by atomic mass is 35.5. The number of piperidine rings is 1. The standard InChI is InChI=1S/C23H34N2O5S.ClH/c1-4-29-18-8-12-23(3,13-9-18)24-14-10-17(11-15-24)25-20-16-19(31(27,28)5-2)6-7-21(20)30-22(25)26;/h6-7,16-18H,4-5,8-15H2,1-3H3;1H. The van der Waals surface area contributed by atoms with Crippen LogP contribution in [0.1, 0.15) is 65.3 Å². The van der Waals surface area contributed by atoms with Crippen molar-refractivity contribution in [2.45, 2.75) is 81.9 Å². The molecule has 2 heterocycles. The van der Waals surface area contributed by atoms with Gasteiger partial charge < -0.3 is 9.15 Å². The molecule has 1 saturated carbocycles. The summed E-state index contributed by atoms with van der Waals surface area (Å²) >= 11 is 0. The number of rotatable bonds is 6. The van der Waals surface area contributed by atoms with E-state index >= 15 is 0 Å². The predicted octanol–water partition coefficient (Wildman–Crippen LogP) is 4.18. The number of nitrogens with zero attached hydrogens (tertiary/aromatic N) is 2. The molecule has 1 aliphatic carbocycles. The van der Waals surface area contributed by atoms with Crippen molar-refractivity contribution in [3.63, 3.8) is 0 Å². The fraction of sp³-hybridized carbons (Fsp3) is 0.696. The van der Waals surface area contributed by atoms with Gasteiger partial charge >= 0.3 is 5.76 Å². The molecule has 0 unspecified atom stereocenters. The summed E-state index contributed by atoms with van der Waals surface area (Å²) in [7, 11) is -3.34. The molecule has 180 valence electrons. The van der Waals surface area contributed by atoms with Crippen molar-refractivity contribution in [3.8, 4) is 0 Å². The summed E-state index contributed by atoms with van der Waals surface area (Å²) in [5.74, 6) is -0.371. The maximum atomic E-state index is 12.6. The van der Waals surface area contributed by atoms with Gasteiger partial charge in [0.1, 0.15) is 0 Å². The Labute approximate surface area is 196 Å². The summed E-state index contributed by atoms with van der Waals surface area (Å²) in [4.78, 5) is 15.5. The molecule has 1 saturated heterocycles. The Balaban J connectivity index is 0.00000289. The van der Waals surface area contributed by atoms with Gasteiger partial charge in [-0.3, -0.25) is 9.47 Å². The average Bonchev–Trinajstić information content (AvgIpc) is 3.10. The summed E-state index contributed by atoms with van der Waals surface area (Å²) in [6.07, 6.45) is 6.56. The SMILES string of the molecule is CCOC1CCC(C)(N2CCC(n3c(=O)oc4ccc(S(=O)(=O)CC)cc43)CC2)CC1.Cl. The van der Waals surface area contributed by atoms with Gasteiger partial charge in [-0.05, 0) is 70.6 Å². The number of hydrogen-bond donors (Lipinski definition) is 0. The van der Waals surface area contributed by atoms with Crippen LogP contribution in [0.15, 0.2) is 32.3 Å². The van der Waals surface area contributed by atoms with Gasteiger partial charge in [0.15, 0.2) is 15.4 Å². The van der Waals surface area contributed by atoms with Crippen LogP contribution in [0.2, 0.25) is 0 Å². The Hall–Kier alpha value is -1.35. The minimum absolute atomic E-state index is 0. The first kappa shape index (κ1) is 25.3. The second-order valence-corrected chi connectivity index (χ2v) is 11.4. The molecule has 2 fully saturated rings. The molecule has 0 N–H and O–H groups in total. The van der Waals surface area contributed by atoms with E-state index in [9.17, 15) is 13.2 Å². The van der Waals surface area contributed by atoms with Crippen LogP contribution in [-0.2, 0) is 14.6 Å². The minimum atomic E-state index is -3.34. The molecule has 1 aliphatic heterocycles. The minimum Gasteiger partial charge on any atom is -0.408 e. The molecule has 0 radical (unpaired) electrons. The molecule has 1 aromatic heterocycles. The van der Waals surface area contributed by atoms with Crippen molar-refractivity contribution in [1.29, 1.82) is 0 Å². The topological polar surface area (TPSA) is 81.8 Å². The zero-order valence-corrected chi connectivity index (χ0v) is 20.8. The normalized spacial score (nSPS) is 25.7. The van der Waals surface area contributed by atoms with Gasteiger partial charge in [-0.15, -0.1) is 12.4 Å². The summed E-state index contributed by atoms with van der Waals surface area (Å²) < 4.78 is 37.6. The monoisotopic (exact) mass is 486 g/mol. The Bertz CT molecular complexity index is 1080. The van der Waals surface area contributed by atoms with E-state index in [-0.39, 0.29) is 34.6 Å². The third-order valence-electron chi connectivity index (χ3n) is 7.33. The van der Waals surface area contributed by atoms with E-state index in [1.807, 2.05) is 0 Å². The van der Waals surface area contributed by atoms with Crippen molar-refractivity contribution in [3.05, 3.63) is 28.7 Å². The van der Waals surface area contributed by atoms with E-state index in [0.29, 0.717) is 17.2 Å². The molecular formula is C23H35ClN2O5S. The van der Waals surface area contributed by atoms with Crippen LogP contribution < -0.4 is 5.76 Å². The van der Waals surface area contributed by atoms with Crippen LogP contribution in [0.5, 0.6) is 0 Å². The first-order valence-electron chi connectivity index (χ1n) is 11.5. The van der Waals surface area contributed by atoms with Crippen LogP contribution in [0.3, 0.4) is 0 Å². The average molecular weight is 487 g/mol. The van der Waals surface area contributed by atoms with Crippen LogP contribution in [0.25, 0.3) is 11.1 Å². The highest BCUT2D eigenvalue weighted by Crippen LogP contribution is 2.38. The molecule has 1 aromatic carbocycles. The Morgan fingerprint density at radius 3 is 2.38 bits per heavy atom. The van der Waals surface area contributed by atoms with Gasteiger partial charge in [-0.25, -0.2) is 13.2 Å². The van der Waals surface area contributed by atoms with Crippen molar-refractivity contribution in [2.24, 2.45) is 0 Å². The van der Waals surface area contributed by atoms with Gasteiger partial charge in [-0.1, -0.05) is 6.92 Å². The molecular weight excluding hydrogens is 452 g/mol. The molecule has 0 bridgehead atoms. The van der Waals surface area contributed by atoms with E-state index in [0.717, 1.165) is 58.2 Å². The van der Waals surface area contributed by atoms with Crippen molar-refractivity contribution in [2.75, 3.05) is 25.4 Å². The summed E-state index contributed by atoms with van der Waals surface area (Å²) in [6, 6.07) is 4.74. The number of sulfone groups is 1. The zero-order chi connectivity index (χ0) is 22.2. The van der Waals surface area contributed by atoms with E-state index in [2.05, 4.69) is 18.7 Å². The van der Waals surface area contributed by atoms with Crippen molar-refractivity contribution in [1.82, 2.24) is 9.47 Å². The molecule has 2 aliphatic rings. The number of ether oxygens (including phenoxy) is 1. The Morgan fingerprint density at radius 2 is 1.78 bits per heavy atom. The summed E-state index contributed by atoms with van der Waals surface area (Å²) in [5, 5.41) is 0. The lowest BCUT2D eigenvalue weighted by atomic mass is 9.79. The first-order valence-corrected chi connectivity index (χ1v) is 13.2. The number of likely N-dealkylation sites (tertiary alicyclic amines) is 1. The number of halogens is 1. The molecule has 2 aromatic rings. The van der Waals surface area contributed by atoms with Gasteiger partial charge in [0.05, 0.1) is 22.3 Å². The molecule has 9 heteroatoms. The van der Waals surface area contributed by atoms with Crippen molar-refractivity contribution < 1.29 is 17.6 Å². The fourth-order valence-corrected chi connectivity index (χ4v) is 6.21. The van der Waals surface area contributed by atoms with Gasteiger partial charge in [0.25, 0.3) is 0 Å². The molecule has 7 nitrogen and oxygen atoms in total. The lowest BCUT2D eigenvalue weighted by molar-refractivity contribution is -0.0274. The van der Waals surface area contributed by atoms with Crippen molar-refractivity contribution >= 4 is 33.3 Å². The van der Waals surface area contributed by atoms with Gasteiger partial charge in [0, 0.05) is 31.3 Å². The number of benzene rings is 1. The third-order valence-corrected chi connectivity index (χ3v) is 9.06. The van der Waals surface area contributed by atoms with Crippen LogP contribution in [0.4, 0.5) is 0 Å².